The summed E-state index contributed by atoms with van der Waals surface area (Å²) in [6.45, 7) is 0. The quantitative estimate of drug-likeness (QED) is 0.487. The standard InChI is InChI=1S/C20H15NO6S/c22-19(23)15-5-4-8-18(13-15)28(25,26)21-16-11-9-14(10-12-16)20(24)27-17-6-2-1-3-7-17/h1-13,21H,(H,22,23). The number of ether oxygens (including phenoxy) is 1. The number of benzene rings is 3. The van der Waals surface area contributed by atoms with Crippen LogP contribution in [0.2, 0.25) is 0 Å². The number of aromatic carboxylic acids is 1. The Kier molecular flexibility index (Phi) is 5.42. The predicted molar refractivity (Wildman–Crippen MR) is 102 cm³/mol. The first kappa shape index (κ1) is 19.1. The molecule has 0 aromatic heterocycles. The maximum atomic E-state index is 12.4. The van der Waals surface area contributed by atoms with E-state index >= 15 is 0 Å². The van der Waals surface area contributed by atoms with E-state index in [1.165, 1.54) is 42.5 Å². The SMILES string of the molecule is O=C(O)c1cccc(S(=O)(=O)Nc2ccc(C(=O)Oc3ccccc3)cc2)c1. The summed E-state index contributed by atoms with van der Waals surface area (Å²) >= 11 is 0. The minimum Gasteiger partial charge on any atom is -0.478 e. The van der Waals surface area contributed by atoms with Crippen molar-refractivity contribution in [2.75, 3.05) is 4.72 Å². The molecule has 3 aromatic rings. The molecule has 0 aliphatic heterocycles. The smallest absolute Gasteiger partial charge is 0.343 e. The zero-order chi connectivity index (χ0) is 20.1. The Morgan fingerprint density at radius 1 is 0.821 bits per heavy atom. The first-order valence-corrected chi connectivity index (χ1v) is 9.57. The Labute approximate surface area is 161 Å². The van der Waals surface area contributed by atoms with E-state index in [1.807, 2.05) is 0 Å². The number of hydrogen-bond donors (Lipinski definition) is 2. The third-order valence-electron chi connectivity index (χ3n) is 3.72. The van der Waals surface area contributed by atoms with Gasteiger partial charge >= 0.3 is 11.9 Å². The highest BCUT2D eigenvalue weighted by atomic mass is 32.2. The summed E-state index contributed by atoms with van der Waals surface area (Å²) in [6.07, 6.45) is 0. The molecular formula is C20H15NO6S. The number of carboxylic acid groups (broad SMARTS) is 1. The normalized spacial score (nSPS) is 10.9. The van der Waals surface area contributed by atoms with Gasteiger partial charge in [-0.05, 0) is 54.6 Å². The summed E-state index contributed by atoms with van der Waals surface area (Å²) < 4.78 is 32.4. The van der Waals surface area contributed by atoms with Crippen molar-refractivity contribution < 1.29 is 27.9 Å². The van der Waals surface area contributed by atoms with E-state index < -0.39 is 22.0 Å². The molecule has 2 N–H and O–H groups in total. The molecule has 0 fully saturated rings. The molecule has 0 heterocycles. The minimum absolute atomic E-state index is 0.137. The van der Waals surface area contributed by atoms with Crippen LogP contribution in [0.1, 0.15) is 20.7 Å². The first-order valence-electron chi connectivity index (χ1n) is 8.09. The molecule has 0 aliphatic carbocycles. The van der Waals surface area contributed by atoms with Gasteiger partial charge in [-0.25, -0.2) is 18.0 Å². The molecular weight excluding hydrogens is 382 g/mol. The zero-order valence-electron chi connectivity index (χ0n) is 14.4. The van der Waals surface area contributed by atoms with Gasteiger partial charge in [0.15, 0.2) is 0 Å². The van der Waals surface area contributed by atoms with Gasteiger partial charge in [0, 0.05) is 5.69 Å². The molecule has 0 bridgehead atoms. The van der Waals surface area contributed by atoms with E-state index in [-0.39, 0.29) is 21.7 Å². The van der Waals surface area contributed by atoms with E-state index in [1.54, 1.807) is 30.3 Å². The average molecular weight is 397 g/mol. The largest absolute Gasteiger partial charge is 0.478 e. The second-order valence-electron chi connectivity index (χ2n) is 5.72. The van der Waals surface area contributed by atoms with Gasteiger partial charge in [-0.2, -0.15) is 0 Å². The Balaban J connectivity index is 1.74. The monoisotopic (exact) mass is 397 g/mol. The number of hydrogen-bond acceptors (Lipinski definition) is 5. The summed E-state index contributed by atoms with van der Waals surface area (Å²) in [5.74, 6) is -1.40. The lowest BCUT2D eigenvalue weighted by Crippen LogP contribution is -2.14. The van der Waals surface area contributed by atoms with Crippen LogP contribution in [0, 0.1) is 0 Å². The number of nitrogens with one attached hydrogen (secondary N) is 1. The van der Waals surface area contributed by atoms with E-state index in [2.05, 4.69) is 4.72 Å². The van der Waals surface area contributed by atoms with E-state index in [9.17, 15) is 18.0 Å². The van der Waals surface area contributed by atoms with Gasteiger partial charge in [-0.1, -0.05) is 24.3 Å². The molecule has 0 saturated heterocycles. The summed E-state index contributed by atoms with van der Waals surface area (Å²) in [6, 6.07) is 19.3. The van der Waals surface area contributed by atoms with Crippen molar-refractivity contribution in [2.45, 2.75) is 4.90 Å². The van der Waals surface area contributed by atoms with Gasteiger partial charge in [-0.15, -0.1) is 0 Å². The molecule has 0 unspecified atom stereocenters. The van der Waals surface area contributed by atoms with Crippen LogP contribution >= 0.6 is 0 Å². The molecule has 0 spiro atoms. The Morgan fingerprint density at radius 2 is 1.50 bits per heavy atom. The predicted octanol–water partition coefficient (Wildman–Crippen LogP) is 3.40. The lowest BCUT2D eigenvalue weighted by atomic mass is 10.2. The molecule has 0 radical (unpaired) electrons. The molecule has 7 nitrogen and oxygen atoms in total. The topological polar surface area (TPSA) is 110 Å². The zero-order valence-corrected chi connectivity index (χ0v) is 15.2. The van der Waals surface area contributed by atoms with Crippen LogP contribution in [0.3, 0.4) is 0 Å². The van der Waals surface area contributed by atoms with Gasteiger partial charge in [0.25, 0.3) is 10.0 Å². The van der Waals surface area contributed by atoms with Crippen LogP contribution in [-0.2, 0) is 10.0 Å². The summed E-state index contributed by atoms with van der Waals surface area (Å²) in [5, 5.41) is 8.99. The highest BCUT2D eigenvalue weighted by Gasteiger charge is 2.17. The average Bonchev–Trinajstić information content (AvgIpc) is 2.69. The van der Waals surface area contributed by atoms with Crippen molar-refractivity contribution in [3.05, 3.63) is 90.0 Å². The van der Waals surface area contributed by atoms with Crippen molar-refractivity contribution in [1.29, 1.82) is 0 Å². The molecule has 0 amide bonds. The van der Waals surface area contributed by atoms with Crippen molar-refractivity contribution in [3.63, 3.8) is 0 Å². The molecule has 0 saturated carbocycles. The molecule has 0 atom stereocenters. The van der Waals surface area contributed by atoms with Crippen molar-refractivity contribution >= 4 is 27.6 Å². The number of carbonyl (C=O) groups excluding carboxylic acids is 1. The van der Waals surface area contributed by atoms with E-state index in [0.29, 0.717) is 5.75 Å². The second-order valence-corrected chi connectivity index (χ2v) is 7.40. The maximum Gasteiger partial charge on any atom is 0.343 e. The van der Waals surface area contributed by atoms with E-state index in [4.69, 9.17) is 9.84 Å². The highest BCUT2D eigenvalue weighted by Crippen LogP contribution is 2.19. The minimum atomic E-state index is -3.98. The molecule has 142 valence electrons. The second kappa shape index (κ2) is 7.93. The van der Waals surface area contributed by atoms with Crippen LogP contribution in [0.5, 0.6) is 5.75 Å². The fourth-order valence-corrected chi connectivity index (χ4v) is 3.44. The van der Waals surface area contributed by atoms with Crippen LogP contribution in [0.15, 0.2) is 83.8 Å². The number of anilines is 1. The molecule has 3 aromatic carbocycles. The lowest BCUT2D eigenvalue weighted by Gasteiger charge is -2.09. The summed E-state index contributed by atoms with van der Waals surface area (Å²) in [4.78, 5) is 22.9. The van der Waals surface area contributed by atoms with Crippen LogP contribution < -0.4 is 9.46 Å². The first-order chi connectivity index (χ1) is 13.3. The van der Waals surface area contributed by atoms with Crippen LogP contribution in [0.4, 0.5) is 5.69 Å². The van der Waals surface area contributed by atoms with Gasteiger partial charge in [0.1, 0.15) is 5.75 Å². The Hall–Kier alpha value is -3.65. The van der Waals surface area contributed by atoms with Crippen molar-refractivity contribution in [3.8, 4) is 5.75 Å². The molecule has 8 heteroatoms. The fourth-order valence-electron chi connectivity index (χ4n) is 2.34. The Morgan fingerprint density at radius 3 is 2.14 bits per heavy atom. The van der Waals surface area contributed by atoms with Gasteiger partial charge in [-0.3, -0.25) is 4.72 Å². The number of rotatable bonds is 6. The summed E-state index contributed by atoms with van der Waals surface area (Å²) in [5.41, 5.74) is 0.332. The van der Waals surface area contributed by atoms with Crippen LogP contribution in [-0.4, -0.2) is 25.5 Å². The summed E-state index contributed by atoms with van der Waals surface area (Å²) in [7, 11) is -3.98. The van der Waals surface area contributed by atoms with Crippen molar-refractivity contribution in [1.82, 2.24) is 0 Å². The third-order valence-corrected chi connectivity index (χ3v) is 5.10. The molecule has 28 heavy (non-hydrogen) atoms. The highest BCUT2D eigenvalue weighted by molar-refractivity contribution is 7.92. The third kappa shape index (κ3) is 4.54. The Bertz CT molecular complexity index is 1110. The number of para-hydroxylation sites is 1. The van der Waals surface area contributed by atoms with Gasteiger partial charge in [0.2, 0.25) is 0 Å². The molecule has 0 aliphatic rings. The lowest BCUT2D eigenvalue weighted by molar-refractivity contribution is 0.0694. The van der Waals surface area contributed by atoms with E-state index in [0.717, 1.165) is 6.07 Å². The maximum absolute atomic E-state index is 12.4. The van der Waals surface area contributed by atoms with Crippen molar-refractivity contribution in [2.24, 2.45) is 0 Å². The molecule has 3 rings (SSSR count). The number of carboxylic acids is 1. The van der Waals surface area contributed by atoms with Gasteiger partial charge < -0.3 is 9.84 Å². The number of sulfonamides is 1. The fraction of sp³-hybridized carbons (Fsp3) is 0. The van der Waals surface area contributed by atoms with Gasteiger partial charge in [0.05, 0.1) is 16.0 Å². The number of carbonyl (C=O) groups is 2. The number of esters is 1. The van der Waals surface area contributed by atoms with Crippen LogP contribution in [0.25, 0.3) is 0 Å².